The van der Waals surface area contributed by atoms with Gasteiger partial charge in [-0.2, -0.15) is 0 Å². The molecule has 0 aromatic heterocycles. The fraction of sp³-hybridized carbons (Fsp3) is 0.125. The molecule has 3 nitrogen and oxygen atoms in total. The highest BCUT2D eigenvalue weighted by Gasteiger charge is 2.35. The minimum Gasteiger partial charge on any atom is -0.507 e. The molecule has 0 atom stereocenters. The van der Waals surface area contributed by atoms with Gasteiger partial charge in [-0.25, -0.2) is 0 Å². The highest BCUT2D eigenvalue weighted by molar-refractivity contribution is 9.10. The molecular formula is C16H11BrO3. The monoisotopic (exact) mass is 330 g/mol. The third-order valence-electron chi connectivity index (χ3n) is 3.82. The van der Waals surface area contributed by atoms with Crippen LogP contribution in [0.25, 0.3) is 0 Å². The quantitative estimate of drug-likeness (QED) is 0.685. The lowest BCUT2D eigenvalue weighted by Gasteiger charge is -2.22. The van der Waals surface area contributed by atoms with Crippen LogP contribution in [0.4, 0.5) is 0 Å². The van der Waals surface area contributed by atoms with Crippen molar-refractivity contribution in [1.29, 1.82) is 0 Å². The second kappa shape index (κ2) is 4.28. The van der Waals surface area contributed by atoms with Gasteiger partial charge in [0.15, 0.2) is 11.6 Å². The first-order chi connectivity index (χ1) is 9.45. The number of aromatic hydroxyl groups is 1. The molecule has 0 amide bonds. The highest BCUT2D eigenvalue weighted by atomic mass is 79.9. The number of benzene rings is 2. The first-order valence-corrected chi connectivity index (χ1v) is 6.94. The van der Waals surface area contributed by atoms with Crippen LogP contribution in [0, 0.1) is 13.8 Å². The maximum atomic E-state index is 12.6. The lowest BCUT2D eigenvalue weighted by molar-refractivity contribution is 0.0976. The van der Waals surface area contributed by atoms with E-state index in [0.717, 1.165) is 5.56 Å². The van der Waals surface area contributed by atoms with Crippen LogP contribution in [0.5, 0.6) is 5.75 Å². The summed E-state index contributed by atoms with van der Waals surface area (Å²) in [6.45, 7) is 3.53. The number of carbonyl (C=O) groups is 2. The topological polar surface area (TPSA) is 54.4 Å². The van der Waals surface area contributed by atoms with Crippen LogP contribution in [-0.2, 0) is 0 Å². The molecule has 0 spiro atoms. The SMILES string of the molecule is Cc1c(C)c(Br)c2c(c1O)C(=O)c1ccccc1C2=O. The molecule has 1 aliphatic carbocycles. The lowest BCUT2D eigenvalue weighted by atomic mass is 9.81. The molecule has 1 aliphatic rings. The van der Waals surface area contributed by atoms with Crippen molar-refractivity contribution in [2.45, 2.75) is 13.8 Å². The molecule has 0 unspecified atom stereocenters. The molecule has 2 aromatic rings. The van der Waals surface area contributed by atoms with Crippen LogP contribution in [0.15, 0.2) is 28.7 Å². The Kier molecular flexibility index (Phi) is 2.80. The Morgan fingerprint density at radius 3 is 1.95 bits per heavy atom. The number of phenolic OH excluding ortho intramolecular Hbond substituents is 1. The summed E-state index contributed by atoms with van der Waals surface area (Å²) >= 11 is 3.39. The fourth-order valence-electron chi connectivity index (χ4n) is 2.53. The zero-order valence-corrected chi connectivity index (χ0v) is 12.5. The number of rotatable bonds is 0. The van der Waals surface area contributed by atoms with Gasteiger partial charge in [-0.1, -0.05) is 24.3 Å². The Balaban J connectivity index is 2.46. The van der Waals surface area contributed by atoms with E-state index in [1.165, 1.54) is 0 Å². The van der Waals surface area contributed by atoms with E-state index in [-0.39, 0.29) is 28.4 Å². The van der Waals surface area contributed by atoms with Crippen LogP contribution in [0.2, 0.25) is 0 Å². The predicted molar refractivity (Wildman–Crippen MR) is 78.6 cm³/mol. The van der Waals surface area contributed by atoms with Crippen LogP contribution in [-0.4, -0.2) is 16.7 Å². The van der Waals surface area contributed by atoms with Crippen molar-refractivity contribution >= 4 is 27.5 Å². The van der Waals surface area contributed by atoms with E-state index >= 15 is 0 Å². The first kappa shape index (κ1) is 13.1. The largest absolute Gasteiger partial charge is 0.507 e. The molecule has 0 bridgehead atoms. The zero-order valence-electron chi connectivity index (χ0n) is 11.0. The summed E-state index contributed by atoms with van der Waals surface area (Å²) in [6, 6.07) is 6.68. The molecule has 0 heterocycles. The Bertz CT molecular complexity index is 725. The van der Waals surface area contributed by atoms with Crippen LogP contribution >= 0.6 is 15.9 Å². The second-order valence-electron chi connectivity index (χ2n) is 4.87. The summed E-state index contributed by atoms with van der Waals surface area (Å²) in [4.78, 5) is 25.2. The van der Waals surface area contributed by atoms with Crippen molar-refractivity contribution in [3.63, 3.8) is 0 Å². The number of hydrogen-bond acceptors (Lipinski definition) is 3. The Hall–Kier alpha value is -1.94. The van der Waals surface area contributed by atoms with E-state index in [1.54, 1.807) is 38.1 Å². The zero-order chi connectivity index (χ0) is 14.6. The van der Waals surface area contributed by atoms with Crippen LogP contribution in [0.1, 0.15) is 43.0 Å². The van der Waals surface area contributed by atoms with E-state index < -0.39 is 0 Å². The third kappa shape index (κ3) is 1.51. The molecule has 0 saturated carbocycles. The predicted octanol–water partition coefficient (Wildman–Crippen LogP) is 3.55. The van der Waals surface area contributed by atoms with Crippen molar-refractivity contribution in [1.82, 2.24) is 0 Å². The Morgan fingerprint density at radius 1 is 0.900 bits per heavy atom. The fourth-order valence-corrected chi connectivity index (χ4v) is 3.20. The second-order valence-corrected chi connectivity index (χ2v) is 5.66. The minimum absolute atomic E-state index is 0.101. The van der Waals surface area contributed by atoms with Crippen molar-refractivity contribution in [2.75, 3.05) is 0 Å². The lowest BCUT2D eigenvalue weighted by Crippen LogP contribution is -2.22. The van der Waals surface area contributed by atoms with Gasteiger partial charge in [0.1, 0.15) is 5.75 Å². The van der Waals surface area contributed by atoms with Gasteiger partial charge < -0.3 is 5.11 Å². The number of hydrogen-bond donors (Lipinski definition) is 1. The maximum absolute atomic E-state index is 12.6. The molecule has 1 N–H and O–H groups in total. The molecule has 100 valence electrons. The van der Waals surface area contributed by atoms with Crippen molar-refractivity contribution in [2.24, 2.45) is 0 Å². The van der Waals surface area contributed by atoms with E-state index in [2.05, 4.69) is 15.9 Å². The van der Waals surface area contributed by atoms with E-state index in [0.29, 0.717) is 21.2 Å². The first-order valence-electron chi connectivity index (χ1n) is 6.15. The molecule has 0 fully saturated rings. The molecule has 20 heavy (non-hydrogen) atoms. The van der Waals surface area contributed by atoms with Gasteiger partial charge >= 0.3 is 0 Å². The summed E-state index contributed by atoms with van der Waals surface area (Å²) in [7, 11) is 0. The summed E-state index contributed by atoms with van der Waals surface area (Å²) < 4.78 is 0.579. The number of carbonyl (C=O) groups excluding carboxylic acids is 2. The minimum atomic E-state index is -0.309. The summed E-state index contributed by atoms with van der Waals surface area (Å²) in [5, 5.41) is 10.3. The molecule has 4 heteroatoms. The maximum Gasteiger partial charge on any atom is 0.198 e. The van der Waals surface area contributed by atoms with Gasteiger partial charge in [-0.15, -0.1) is 0 Å². The summed E-state index contributed by atoms with van der Waals surface area (Å²) in [6.07, 6.45) is 0. The van der Waals surface area contributed by atoms with E-state index in [1.807, 2.05) is 0 Å². The van der Waals surface area contributed by atoms with Gasteiger partial charge in [0.2, 0.25) is 0 Å². The smallest absolute Gasteiger partial charge is 0.198 e. The number of halogens is 1. The molecule has 0 saturated heterocycles. The molecule has 0 aliphatic heterocycles. The van der Waals surface area contributed by atoms with Crippen molar-refractivity contribution in [3.05, 3.63) is 62.1 Å². The van der Waals surface area contributed by atoms with Gasteiger partial charge in [0, 0.05) is 15.6 Å². The number of phenols is 1. The average Bonchev–Trinajstić information content (AvgIpc) is 2.46. The van der Waals surface area contributed by atoms with Gasteiger partial charge in [0.05, 0.1) is 11.1 Å². The molecular weight excluding hydrogens is 320 g/mol. The number of ketones is 2. The summed E-state index contributed by atoms with van der Waals surface area (Å²) in [5.41, 5.74) is 2.46. The Labute approximate surface area is 124 Å². The Morgan fingerprint density at radius 2 is 1.40 bits per heavy atom. The van der Waals surface area contributed by atoms with Gasteiger partial charge in [0.25, 0.3) is 0 Å². The molecule has 0 radical (unpaired) electrons. The summed E-state index contributed by atoms with van der Waals surface area (Å²) in [5.74, 6) is -0.648. The molecule has 3 rings (SSSR count). The average molecular weight is 331 g/mol. The normalized spacial score (nSPS) is 13.2. The third-order valence-corrected chi connectivity index (χ3v) is 4.81. The van der Waals surface area contributed by atoms with Crippen LogP contribution in [0.3, 0.4) is 0 Å². The van der Waals surface area contributed by atoms with Crippen molar-refractivity contribution < 1.29 is 14.7 Å². The number of fused-ring (bicyclic) bond motifs is 2. The molecule has 2 aromatic carbocycles. The van der Waals surface area contributed by atoms with Crippen LogP contribution < -0.4 is 0 Å². The van der Waals surface area contributed by atoms with Gasteiger partial charge in [-0.05, 0) is 40.9 Å². The van der Waals surface area contributed by atoms with Crippen molar-refractivity contribution in [3.8, 4) is 5.75 Å². The van der Waals surface area contributed by atoms with Gasteiger partial charge in [-0.3, -0.25) is 9.59 Å². The van der Waals surface area contributed by atoms with E-state index in [4.69, 9.17) is 0 Å². The highest BCUT2D eigenvalue weighted by Crippen LogP contribution is 2.41. The van der Waals surface area contributed by atoms with E-state index in [9.17, 15) is 14.7 Å². The standard InChI is InChI=1S/C16H11BrO3/c1-7-8(2)14(18)12-11(13(7)17)15(19)9-5-3-4-6-10(9)16(12)20/h3-6,18H,1-2H3.